The summed E-state index contributed by atoms with van der Waals surface area (Å²) in [6.07, 6.45) is 0.264. The second-order valence-electron chi connectivity index (χ2n) is 3.63. The maximum atomic E-state index is 3.50. The number of para-hydroxylation sites is 1. The second kappa shape index (κ2) is 3.68. The minimum Gasteiger partial charge on any atom is -0.365 e. The molecule has 1 aromatic heterocycles. The van der Waals surface area contributed by atoms with Gasteiger partial charge in [0.1, 0.15) is 6.17 Å². The Morgan fingerprint density at radius 1 is 1.13 bits per heavy atom. The van der Waals surface area contributed by atoms with E-state index in [1.54, 1.807) is 11.3 Å². The maximum absolute atomic E-state index is 3.50. The van der Waals surface area contributed by atoms with Gasteiger partial charge in [-0.25, -0.2) is 0 Å². The number of fused-ring (bicyclic) bond motifs is 1. The topological polar surface area (TPSA) is 24.1 Å². The molecule has 0 fully saturated rings. The molecule has 1 aromatic carbocycles. The molecular weight excluding hydrogens is 204 g/mol. The zero-order valence-corrected chi connectivity index (χ0v) is 9.05. The molecule has 0 radical (unpaired) electrons. The lowest BCUT2D eigenvalue weighted by Crippen LogP contribution is -2.31. The molecule has 3 heteroatoms. The van der Waals surface area contributed by atoms with Crippen molar-refractivity contribution in [2.75, 3.05) is 5.32 Å². The van der Waals surface area contributed by atoms with Crippen molar-refractivity contribution in [3.05, 3.63) is 52.2 Å². The molecule has 3 rings (SSSR count). The van der Waals surface area contributed by atoms with Crippen molar-refractivity contribution in [3.8, 4) is 0 Å². The number of anilines is 1. The van der Waals surface area contributed by atoms with E-state index in [9.17, 15) is 0 Å². The lowest BCUT2D eigenvalue weighted by atomic mass is 10.1. The summed E-state index contributed by atoms with van der Waals surface area (Å²) in [6, 6.07) is 12.7. The van der Waals surface area contributed by atoms with Crippen molar-refractivity contribution < 1.29 is 0 Å². The Morgan fingerprint density at radius 2 is 2.07 bits per heavy atom. The van der Waals surface area contributed by atoms with Gasteiger partial charge in [-0.1, -0.05) is 24.3 Å². The molecule has 15 heavy (non-hydrogen) atoms. The summed E-state index contributed by atoms with van der Waals surface area (Å²) in [6.45, 7) is 0.936. The van der Waals surface area contributed by atoms with Crippen LogP contribution in [-0.2, 0) is 6.54 Å². The van der Waals surface area contributed by atoms with Gasteiger partial charge in [0.15, 0.2) is 0 Å². The second-order valence-corrected chi connectivity index (χ2v) is 4.61. The molecule has 2 aromatic rings. The van der Waals surface area contributed by atoms with E-state index >= 15 is 0 Å². The zero-order chi connectivity index (χ0) is 10.1. The Bertz CT molecular complexity index is 450. The van der Waals surface area contributed by atoms with E-state index in [1.165, 1.54) is 16.1 Å². The van der Waals surface area contributed by atoms with E-state index in [2.05, 4.69) is 52.4 Å². The standard InChI is InChI=1S/C12H12N2S/c1-2-5-10-9(4-1)8-13-12(14-10)11-6-3-7-15-11/h1-7,12-14H,8H2. The van der Waals surface area contributed by atoms with Gasteiger partial charge in [0, 0.05) is 17.1 Å². The normalized spacial score (nSPS) is 19.3. The summed E-state index contributed by atoms with van der Waals surface area (Å²) >= 11 is 1.78. The van der Waals surface area contributed by atoms with Crippen LogP contribution < -0.4 is 10.6 Å². The molecule has 1 unspecified atom stereocenters. The number of thiophene rings is 1. The molecule has 2 N–H and O–H groups in total. The number of rotatable bonds is 1. The fourth-order valence-electron chi connectivity index (χ4n) is 1.86. The summed E-state index contributed by atoms with van der Waals surface area (Å²) in [4.78, 5) is 1.34. The van der Waals surface area contributed by atoms with Gasteiger partial charge in [0.25, 0.3) is 0 Å². The third-order valence-electron chi connectivity index (χ3n) is 2.64. The third-order valence-corrected chi connectivity index (χ3v) is 3.58. The van der Waals surface area contributed by atoms with Crippen LogP contribution in [0.15, 0.2) is 41.8 Å². The van der Waals surface area contributed by atoms with Gasteiger partial charge in [-0.2, -0.15) is 0 Å². The van der Waals surface area contributed by atoms with E-state index in [-0.39, 0.29) is 6.17 Å². The van der Waals surface area contributed by atoms with Crippen molar-refractivity contribution in [3.63, 3.8) is 0 Å². The molecule has 2 heterocycles. The van der Waals surface area contributed by atoms with Gasteiger partial charge >= 0.3 is 0 Å². The summed E-state index contributed by atoms with van der Waals surface area (Å²) in [5, 5.41) is 9.09. The first-order valence-electron chi connectivity index (χ1n) is 5.05. The molecule has 76 valence electrons. The first-order valence-corrected chi connectivity index (χ1v) is 5.93. The minimum atomic E-state index is 0.264. The van der Waals surface area contributed by atoms with Crippen LogP contribution in [-0.4, -0.2) is 0 Å². The monoisotopic (exact) mass is 216 g/mol. The fourth-order valence-corrected chi connectivity index (χ4v) is 2.61. The Hall–Kier alpha value is -1.32. The first-order chi connectivity index (χ1) is 7.43. The highest BCUT2D eigenvalue weighted by Gasteiger charge is 2.17. The number of hydrogen-bond donors (Lipinski definition) is 2. The van der Waals surface area contributed by atoms with Crippen LogP contribution in [0.4, 0.5) is 5.69 Å². The number of hydrogen-bond acceptors (Lipinski definition) is 3. The zero-order valence-electron chi connectivity index (χ0n) is 8.23. The Kier molecular flexibility index (Phi) is 2.19. The van der Waals surface area contributed by atoms with Gasteiger partial charge in [-0.05, 0) is 23.1 Å². The highest BCUT2D eigenvalue weighted by atomic mass is 32.1. The van der Waals surface area contributed by atoms with E-state index in [0.717, 1.165) is 6.54 Å². The molecule has 0 saturated heterocycles. The average molecular weight is 216 g/mol. The van der Waals surface area contributed by atoms with Crippen molar-refractivity contribution in [2.24, 2.45) is 0 Å². The lowest BCUT2D eigenvalue weighted by Gasteiger charge is -2.27. The van der Waals surface area contributed by atoms with E-state index in [0.29, 0.717) is 0 Å². The summed E-state index contributed by atoms with van der Waals surface area (Å²) in [5.74, 6) is 0. The van der Waals surface area contributed by atoms with Crippen LogP contribution in [0.1, 0.15) is 16.6 Å². The molecule has 0 bridgehead atoms. The molecule has 1 aliphatic rings. The maximum Gasteiger partial charge on any atom is 0.113 e. The van der Waals surface area contributed by atoms with E-state index in [1.807, 2.05) is 0 Å². The van der Waals surface area contributed by atoms with Gasteiger partial charge < -0.3 is 5.32 Å². The molecule has 2 nitrogen and oxygen atoms in total. The molecular formula is C12H12N2S. The van der Waals surface area contributed by atoms with E-state index < -0.39 is 0 Å². The number of nitrogens with one attached hydrogen (secondary N) is 2. The van der Waals surface area contributed by atoms with Gasteiger partial charge in [0.2, 0.25) is 0 Å². The van der Waals surface area contributed by atoms with Crippen LogP contribution in [0, 0.1) is 0 Å². The molecule has 1 aliphatic heterocycles. The van der Waals surface area contributed by atoms with Crippen LogP contribution in [0.25, 0.3) is 0 Å². The quantitative estimate of drug-likeness (QED) is 0.765. The highest BCUT2D eigenvalue weighted by molar-refractivity contribution is 7.10. The van der Waals surface area contributed by atoms with Gasteiger partial charge in [-0.15, -0.1) is 11.3 Å². The Balaban J connectivity index is 1.89. The SMILES string of the molecule is c1csc(C2NCc3ccccc3N2)c1. The number of benzene rings is 1. The summed E-state index contributed by atoms with van der Waals surface area (Å²) in [5.41, 5.74) is 2.58. The third kappa shape index (κ3) is 1.64. The Morgan fingerprint density at radius 3 is 2.93 bits per heavy atom. The van der Waals surface area contributed by atoms with Gasteiger partial charge in [-0.3, -0.25) is 5.32 Å². The van der Waals surface area contributed by atoms with Crippen LogP contribution in [0.3, 0.4) is 0 Å². The fraction of sp³-hybridized carbons (Fsp3) is 0.167. The predicted molar refractivity (Wildman–Crippen MR) is 64.0 cm³/mol. The van der Waals surface area contributed by atoms with Crippen LogP contribution in [0.2, 0.25) is 0 Å². The van der Waals surface area contributed by atoms with Gasteiger partial charge in [0.05, 0.1) is 0 Å². The highest BCUT2D eigenvalue weighted by Crippen LogP contribution is 2.27. The van der Waals surface area contributed by atoms with Crippen molar-refractivity contribution in [1.29, 1.82) is 0 Å². The minimum absolute atomic E-state index is 0.264. The largest absolute Gasteiger partial charge is 0.365 e. The van der Waals surface area contributed by atoms with Crippen molar-refractivity contribution in [1.82, 2.24) is 5.32 Å². The van der Waals surface area contributed by atoms with Crippen molar-refractivity contribution >= 4 is 17.0 Å². The molecule has 0 saturated carbocycles. The summed E-state index contributed by atoms with van der Waals surface area (Å²) < 4.78 is 0. The average Bonchev–Trinajstić information content (AvgIpc) is 2.82. The van der Waals surface area contributed by atoms with Crippen LogP contribution in [0.5, 0.6) is 0 Å². The molecule has 1 atom stereocenters. The summed E-state index contributed by atoms with van der Waals surface area (Å²) in [7, 11) is 0. The molecule has 0 spiro atoms. The first kappa shape index (κ1) is 8.95. The predicted octanol–water partition coefficient (Wildman–Crippen LogP) is 2.96. The van der Waals surface area contributed by atoms with E-state index in [4.69, 9.17) is 0 Å². The van der Waals surface area contributed by atoms with Crippen LogP contribution >= 0.6 is 11.3 Å². The smallest absolute Gasteiger partial charge is 0.113 e. The molecule has 0 amide bonds. The Labute approximate surface area is 93.0 Å². The molecule has 0 aliphatic carbocycles. The lowest BCUT2D eigenvalue weighted by molar-refractivity contribution is 0.573. The van der Waals surface area contributed by atoms with Crippen molar-refractivity contribution in [2.45, 2.75) is 12.7 Å².